The molecule has 2 aliphatic rings. The van der Waals surface area contributed by atoms with Crippen LogP contribution in [-0.4, -0.2) is 53.6 Å². The van der Waals surface area contributed by atoms with Gasteiger partial charge in [0.2, 0.25) is 0 Å². The third-order valence-corrected chi connectivity index (χ3v) is 6.42. The summed E-state index contributed by atoms with van der Waals surface area (Å²) in [4.78, 5) is 42.1. The maximum Gasteiger partial charge on any atom is 0.407 e. The Hall–Kier alpha value is -3.20. The quantitative estimate of drug-likeness (QED) is 0.647. The van der Waals surface area contributed by atoms with Crippen molar-refractivity contribution in [2.75, 3.05) is 18.0 Å². The first kappa shape index (κ1) is 23.0. The number of H-pyrrole nitrogens is 1. The van der Waals surface area contributed by atoms with Crippen molar-refractivity contribution in [2.24, 2.45) is 10.9 Å². The first-order valence-electron chi connectivity index (χ1n) is 11.1. The van der Waals surface area contributed by atoms with Crippen LogP contribution in [0, 0.1) is 5.92 Å². The van der Waals surface area contributed by atoms with Gasteiger partial charge in [-0.15, -0.1) is 0 Å². The number of hydrogen-bond acceptors (Lipinski definition) is 6. The zero-order chi connectivity index (χ0) is 23.2. The number of rotatable bonds is 5. The molecule has 4 rings (SSSR count). The normalized spacial score (nSPS) is 22.9. The highest BCUT2D eigenvalue weighted by molar-refractivity contribution is 6.33. The predicted octanol–water partition coefficient (Wildman–Crippen LogP) is 3.20. The summed E-state index contributed by atoms with van der Waals surface area (Å²) in [5, 5.41) is 9.11. The van der Waals surface area contributed by atoms with E-state index in [1.165, 1.54) is 6.20 Å². The van der Waals surface area contributed by atoms with E-state index in [-0.39, 0.29) is 29.0 Å². The minimum atomic E-state index is -0.443. The number of nitrogens with zero attached hydrogens (tertiary/aromatic N) is 3. The Labute approximate surface area is 196 Å². The summed E-state index contributed by atoms with van der Waals surface area (Å²) in [5.41, 5.74) is 0.675. The largest absolute Gasteiger partial charge is 0.444 e. The number of benzene rings is 1. The van der Waals surface area contributed by atoms with Crippen LogP contribution in [0.5, 0.6) is 0 Å². The maximum absolute atomic E-state index is 12.4. The molecule has 9 nitrogen and oxygen atoms in total. The van der Waals surface area contributed by atoms with E-state index >= 15 is 0 Å². The Kier molecular flexibility index (Phi) is 7.39. The Balaban J connectivity index is 1.19. The van der Waals surface area contributed by atoms with E-state index in [0.717, 1.165) is 25.7 Å². The van der Waals surface area contributed by atoms with Crippen molar-refractivity contribution in [3.63, 3.8) is 0 Å². The molecule has 1 aliphatic heterocycles. The van der Waals surface area contributed by atoms with Crippen LogP contribution in [0.2, 0.25) is 5.02 Å². The molecule has 0 unspecified atom stereocenters. The number of aromatic amines is 1. The van der Waals surface area contributed by atoms with Gasteiger partial charge in [-0.25, -0.2) is 14.9 Å². The molecule has 2 heterocycles. The Morgan fingerprint density at radius 3 is 2.70 bits per heavy atom. The lowest BCUT2D eigenvalue weighted by Gasteiger charge is -2.27. The van der Waals surface area contributed by atoms with Crippen molar-refractivity contribution in [1.82, 2.24) is 15.5 Å². The molecule has 0 spiro atoms. The van der Waals surface area contributed by atoms with Crippen molar-refractivity contribution < 1.29 is 14.3 Å². The van der Waals surface area contributed by atoms with Gasteiger partial charge in [0.1, 0.15) is 11.1 Å². The van der Waals surface area contributed by atoms with Gasteiger partial charge in [-0.2, -0.15) is 5.10 Å². The summed E-state index contributed by atoms with van der Waals surface area (Å²) in [5.74, 6) is -0.00952. The number of aliphatic imine (C=N–C) groups is 1. The number of carbonyl (C=O) groups excluding carboxylic acids is 2. The van der Waals surface area contributed by atoms with E-state index in [1.54, 1.807) is 18.3 Å². The van der Waals surface area contributed by atoms with Gasteiger partial charge in [0.15, 0.2) is 0 Å². The number of aromatic nitrogens is 2. The average Bonchev–Trinajstić information content (AvgIpc) is 3.28. The van der Waals surface area contributed by atoms with Gasteiger partial charge in [-0.05, 0) is 43.7 Å². The number of hydrogen-bond donors (Lipinski definition) is 2. The monoisotopic (exact) mass is 471 g/mol. The molecule has 1 aliphatic carbocycles. The Morgan fingerprint density at radius 1 is 1.18 bits per heavy atom. The van der Waals surface area contributed by atoms with E-state index in [0.29, 0.717) is 30.8 Å². The first-order chi connectivity index (χ1) is 16.0. The first-order valence-corrected chi connectivity index (χ1v) is 11.5. The lowest BCUT2D eigenvalue weighted by atomic mass is 9.87. The number of anilines is 1. The zero-order valence-corrected chi connectivity index (χ0v) is 18.8. The van der Waals surface area contributed by atoms with Gasteiger partial charge in [-0.1, -0.05) is 29.8 Å². The SMILES string of the molecule is O=C(NC1CCC(/C=N/C(=O)c2ccccc2)CC1)O[C@@H]1CCN(c2cn[nH]c(=O)c2Cl)C1. The topological polar surface area (TPSA) is 117 Å². The van der Waals surface area contributed by atoms with Crippen LogP contribution in [-0.2, 0) is 4.74 Å². The fourth-order valence-electron chi connectivity index (χ4n) is 4.23. The van der Waals surface area contributed by atoms with Gasteiger partial charge in [0, 0.05) is 30.8 Å². The molecule has 0 bridgehead atoms. The number of halogens is 1. The molecule has 1 saturated heterocycles. The Bertz CT molecular complexity index is 1070. The van der Waals surface area contributed by atoms with Crippen LogP contribution in [0.25, 0.3) is 0 Å². The van der Waals surface area contributed by atoms with Gasteiger partial charge in [0.05, 0.1) is 18.4 Å². The molecule has 1 aromatic carbocycles. The molecule has 0 radical (unpaired) electrons. The highest BCUT2D eigenvalue weighted by Gasteiger charge is 2.29. The lowest BCUT2D eigenvalue weighted by molar-refractivity contribution is 0.100. The fourth-order valence-corrected chi connectivity index (χ4v) is 4.44. The second-order valence-corrected chi connectivity index (χ2v) is 8.74. The minimum Gasteiger partial charge on any atom is -0.444 e. The molecule has 174 valence electrons. The van der Waals surface area contributed by atoms with Crippen LogP contribution in [0.1, 0.15) is 42.5 Å². The van der Waals surface area contributed by atoms with Crippen molar-refractivity contribution in [3.05, 3.63) is 57.5 Å². The Morgan fingerprint density at radius 2 is 1.94 bits per heavy atom. The molecular weight excluding hydrogens is 446 g/mol. The van der Waals surface area contributed by atoms with Crippen LogP contribution in [0.4, 0.5) is 10.5 Å². The number of amides is 2. The van der Waals surface area contributed by atoms with Gasteiger partial charge < -0.3 is 15.0 Å². The van der Waals surface area contributed by atoms with Gasteiger partial charge in [0.25, 0.3) is 11.5 Å². The van der Waals surface area contributed by atoms with E-state index in [1.807, 2.05) is 23.1 Å². The van der Waals surface area contributed by atoms with Crippen molar-refractivity contribution in [1.29, 1.82) is 0 Å². The third kappa shape index (κ3) is 5.98. The number of ether oxygens (including phenoxy) is 1. The molecule has 1 saturated carbocycles. The van der Waals surface area contributed by atoms with Crippen molar-refractivity contribution in [2.45, 2.75) is 44.2 Å². The number of carbonyl (C=O) groups is 2. The van der Waals surface area contributed by atoms with Crippen LogP contribution < -0.4 is 15.8 Å². The molecule has 2 N–H and O–H groups in total. The van der Waals surface area contributed by atoms with E-state index in [2.05, 4.69) is 20.5 Å². The summed E-state index contributed by atoms with van der Waals surface area (Å²) in [6.45, 7) is 1.08. The molecule has 1 aromatic heterocycles. The van der Waals surface area contributed by atoms with E-state index < -0.39 is 11.7 Å². The summed E-state index contributed by atoms with van der Waals surface area (Å²) >= 11 is 6.06. The average molecular weight is 472 g/mol. The van der Waals surface area contributed by atoms with Crippen molar-refractivity contribution >= 4 is 35.5 Å². The predicted molar refractivity (Wildman–Crippen MR) is 125 cm³/mol. The van der Waals surface area contributed by atoms with Gasteiger partial charge in [-0.3, -0.25) is 9.59 Å². The van der Waals surface area contributed by atoms with E-state index in [4.69, 9.17) is 16.3 Å². The van der Waals surface area contributed by atoms with Crippen LogP contribution in [0.3, 0.4) is 0 Å². The molecule has 2 amide bonds. The molecule has 10 heteroatoms. The lowest BCUT2D eigenvalue weighted by Crippen LogP contribution is -2.40. The number of nitrogens with one attached hydrogen (secondary N) is 2. The summed E-state index contributed by atoms with van der Waals surface area (Å²) in [6, 6.07) is 9.03. The summed E-state index contributed by atoms with van der Waals surface area (Å²) < 4.78 is 5.58. The third-order valence-electron chi connectivity index (χ3n) is 6.05. The van der Waals surface area contributed by atoms with Crippen molar-refractivity contribution in [3.8, 4) is 0 Å². The fraction of sp³-hybridized carbons (Fsp3) is 0.435. The van der Waals surface area contributed by atoms with Crippen LogP contribution >= 0.6 is 11.6 Å². The second-order valence-electron chi connectivity index (χ2n) is 8.37. The maximum atomic E-state index is 12.4. The molecule has 2 aromatic rings. The van der Waals surface area contributed by atoms with Gasteiger partial charge >= 0.3 is 6.09 Å². The summed E-state index contributed by atoms with van der Waals surface area (Å²) in [7, 11) is 0. The molecule has 33 heavy (non-hydrogen) atoms. The molecule has 1 atom stereocenters. The minimum absolute atomic E-state index is 0.0378. The van der Waals surface area contributed by atoms with Crippen LogP contribution in [0.15, 0.2) is 46.3 Å². The second kappa shape index (κ2) is 10.6. The molecule has 2 fully saturated rings. The van der Waals surface area contributed by atoms with E-state index in [9.17, 15) is 14.4 Å². The standard InChI is InChI=1S/C23H26ClN5O4/c24-20-19(13-26-28-22(20)31)29-11-10-18(14-29)33-23(32)27-17-8-6-15(7-9-17)12-25-21(30)16-4-2-1-3-5-16/h1-5,12-13,15,17-18H,6-11,14H2,(H,27,32)(H,28,31)/b25-12+/t15?,17?,18-/m1/s1. The zero-order valence-electron chi connectivity index (χ0n) is 18.1. The highest BCUT2D eigenvalue weighted by Crippen LogP contribution is 2.26. The number of alkyl carbamates (subject to hydrolysis) is 1. The molecular formula is C23H26ClN5O4. The summed E-state index contributed by atoms with van der Waals surface area (Å²) in [6.07, 6.45) is 6.47. The highest BCUT2D eigenvalue weighted by atomic mass is 35.5. The smallest absolute Gasteiger partial charge is 0.407 e.